The lowest BCUT2D eigenvalue weighted by molar-refractivity contribution is -0.174. The molecule has 1 heterocycles. The molecule has 0 aliphatic carbocycles. The van der Waals surface area contributed by atoms with Gasteiger partial charge < -0.3 is 19.7 Å². The van der Waals surface area contributed by atoms with E-state index in [1.165, 1.54) is 7.11 Å². The summed E-state index contributed by atoms with van der Waals surface area (Å²) in [7, 11) is 1.54. The predicted molar refractivity (Wildman–Crippen MR) is 99.8 cm³/mol. The number of carbonyl (C=O) groups excluding carboxylic acids is 2. The number of nitrogens with zero attached hydrogens (tertiary/aromatic N) is 2. The number of alkyl halides is 3. The molecular formula is C19H26F3N3O4. The number of halogens is 3. The van der Waals surface area contributed by atoms with Crippen molar-refractivity contribution < 1.29 is 32.2 Å². The Balaban J connectivity index is 1.62. The van der Waals surface area contributed by atoms with Crippen LogP contribution in [0.2, 0.25) is 0 Å². The second-order valence-corrected chi connectivity index (χ2v) is 6.65. The van der Waals surface area contributed by atoms with E-state index in [1.54, 1.807) is 29.2 Å². The topological polar surface area (TPSA) is 71.1 Å². The summed E-state index contributed by atoms with van der Waals surface area (Å²) in [6.45, 7) is 1.66. The average Bonchev–Trinajstić information content (AvgIpc) is 2.71. The minimum atomic E-state index is -4.30. The van der Waals surface area contributed by atoms with Gasteiger partial charge in [0, 0.05) is 44.9 Å². The van der Waals surface area contributed by atoms with Crippen molar-refractivity contribution in [2.75, 3.05) is 59.6 Å². The Hall–Kier alpha value is -2.33. The zero-order chi connectivity index (χ0) is 21.3. The summed E-state index contributed by atoms with van der Waals surface area (Å²) in [5.41, 5.74) is 0.441. The lowest BCUT2D eigenvalue weighted by Gasteiger charge is -2.34. The van der Waals surface area contributed by atoms with Crippen LogP contribution in [-0.4, -0.2) is 87.4 Å². The van der Waals surface area contributed by atoms with E-state index in [1.807, 2.05) is 0 Å². The second-order valence-electron chi connectivity index (χ2n) is 6.65. The number of benzene rings is 1. The molecule has 7 nitrogen and oxygen atoms in total. The molecule has 10 heteroatoms. The molecule has 1 saturated heterocycles. The van der Waals surface area contributed by atoms with Crippen molar-refractivity contribution >= 4 is 11.8 Å². The Kier molecular flexibility index (Phi) is 8.71. The molecule has 1 aromatic carbocycles. The molecule has 0 saturated carbocycles. The van der Waals surface area contributed by atoms with E-state index >= 15 is 0 Å². The van der Waals surface area contributed by atoms with Crippen molar-refractivity contribution in [2.24, 2.45) is 0 Å². The highest BCUT2D eigenvalue weighted by Gasteiger charge is 2.27. The van der Waals surface area contributed by atoms with Gasteiger partial charge in [0.15, 0.2) is 0 Å². The van der Waals surface area contributed by atoms with Gasteiger partial charge in [-0.15, -0.1) is 0 Å². The first kappa shape index (κ1) is 23.0. The summed E-state index contributed by atoms with van der Waals surface area (Å²) < 4.78 is 45.6. The Morgan fingerprint density at radius 3 is 2.34 bits per heavy atom. The van der Waals surface area contributed by atoms with Crippen LogP contribution >= 0.6 is 0 Å². The first-order valence-electron chi connectivity index (χ1n) is 9.35. The molecule has 0 bridgehead atoms. The molecule has 2 rings (SSSR count). The number of amides is 2. The first-order valence-corrected chi connectivity index (χ1v) is 9.35. The monoisotopic (exact) mass is 417 g/mol. The summed E-state index contributed by atoms with van der Waals surface area (Å²) >= 11 is 0. The van der Waals surface area contributed by atoms with Gasteiger partial charge in [0.1, 0.15) is 12.4 Å². The quantitative estimate of drug-likeness (QED) is 0.618. The molecule has 1 aliphatic heterocycles. The molecule has 0 spiro atoms. The Morgan fingerprint density at radius 2 is 1.76 bits per heavy atom. The molecule has 0 unspecified atom stereocenters. The zero-order valence-electron chi connectivity index (χ0n) is 16.3. The van der Waals surface area contributed by atoms with Gasteiger partial charge in [-0.2, -0.15) is 13.2 Å². The fraction of sp³-hybridized carbons (Fsp3) is 0.579. The summed E-state index contributed by atoms with van der Waals surface area (Å²) in [5.74, 6) is 0.140. The van der Waals surface area contributed by atoms with Gasteiger partial charge in [0.05, 0.1) is 13.7 Å². The molecule has 162 valence electrons. The van der Waals surface area contributed by atoms with Gasteiger partial charge in [-0.1, -0.05) is 0 Å². The highest BCUT2D eigenvalue weighted by molar-refractivity contribution is 5.96. The molecule has 0 aromatic heterocycles. The summed E-state index contributed by atoms with van der Waals surface area (Å²) in [6, 6.07) is 6.58. The molecule has 29 heavy (non-hydrogen) atoms. The van der Waals surface area contributed by atoms with Crippen molar-refractivity contribution in [1.29, 1.82) is 0 Å². The Morgan fingerprint density at radius 1 is 1.10 bits per heavy atom. The van der Waals surface area contributed by atoms with Crippen LogP contribution in [0.4, 0.5) is 13.2 Å². The van der Waals surface area contributed by atoms with Crippen LogP contribution in [0.25, 0.3) is 0 Å². The lowest BCUT2D eigenvalue weighted by atomic mass is 10.2. The lowest BCUT2D eigenvalue weighted by Crippen LogP contribution is -2.51. The van der Waals surface area contributed by atoms with Gasteiger partial charge in [-0.25, -0.2) is 0 Å². The third-order valence-electron chi connectivity index (χ3n) is 4.51. The van der Waals surface area contributed by atoms with Gasteiger partial charge in [0.2, 0.25) is 5.91 Å². The average molecular weight is 417 g/mol. The van der Waals surface area contributed by atoms with E-state index in [9.17, 15) is 22.8 Å². The molecule has 0 atom stereocenters. The summed E-state index contributed by atoms with van der Waals surface area (Å²) in [4.78, 5) is 28.1. The smallest absolute Gasteiger partial charge is 0.411 e. The highest BCUT2D eigenvalue weighted by Crippen LogP contribution is 2.14. The maximum Gasteiger partial charge on any atom is 0.411 e. The van der Waals surface area contributed by atoms with E-state index < -0.39 is 12.8 Å². The maximum absolute atomic E-state index is 12.3. The van der Waals surface area contributed by atoms with Gasteiger partial charge in [-0.3, -0.25) is 14.5 Å². The predicted octanol–water partition coefficient (Wildman–Crippen LogP) is 1.54. The van der Waals surface area contributed by atoms with Crippen LogP contribution in [0.15, 0.2) is 24.3 Å². The number of methoxy groups -OCH3 is 1. The second kappa shape index (κ2) is 11.0. The van der Waals surface area contributed by atoms with Gasteiger partial charge >= 0.3 is 6.18 Å². The molecule has 0 radical (unpaired) electrons. The van der Waals surface area contributed by atoms with E-state index in [2.05, 4.69) is 15.0 Å². The SMILES string of the molecule is COc1ccc(C(=O)NCC(=O)N2CCN(CCCOCC(F)(F)F)CC2)cc1. The Bertz CT molecular complexity index is 660. The molecule has 1 aromatic rings. The first-order chi connectivity index (χ1) is 13.8. The van der Waals surface area contributed by atoms with Crippen LogP contribution in [0.1, 0.15) is 16.8 Å². The highest BCUT2D eigenvalue weighted by atomic mass is 19.4. The van der Waals surface area contributed by atoms with Crippen molar-refractivity contribution in [2.45, 2.75) is 12.6 Å². The standard InChI is InChI=1S/C19H26F3N3O4/c1-28-16-5-3-15(4-6-16)18(27)23-13-17(26)25-10-8-24(9-11-25)7-2-12-29-14-19(20,21)22/h3-6H,2,7-14H2,1H3,(H,23,27). The van der Waals surface area contributed by atoms with E-state index in [0.717, 1.165) is 0 Å². The molecular weight excluding hydrogens is 391 g/mol. The number of piperazine rings is 1. The molecule has 2 amide bonds. The molecule has 1 N–H and O–H groups in total. The van der Waals surface area contributed by atoms with E-state index in [4.69, 9.17) is 4.74 Å². The number of hydrogen-bond donors (Lipinski definition) is 1. The fourth-order valence-electron chi connectivity index (χ4n) is 2.91. The maximum atomic E-state index is 12.3. The molecule has 1 aliphatic rings. The third kappa shape index (κ3) is 8.28. The largest absolute Gasteiger partial charge is 0.497 e. The number of ether oxygens (including phenoxy) is 2. The van der Waals surface area contributed by atoms with Crippen LogP contribution in [0.3, 0.4) is 0 Å². The minimum absolute atomic E-state index is 0.0516. The number of hydrogen-bond acceptors (Lipinski definition) is 5. The number of rotatable bonds is 9. The molecule has 1 fully saturated rings. The van der Waals surface area contributed by atoms with Crippen LogP contribution in [-0.2, 0) is 9.53 Å². The van der Waals surface area contributed by atoms with Crippen molar-refractivity contribution in [1.82, 2.24) is 15.1 Å². The van der Waals surface area contributed by atoms with Crippen molar-refractivity contribution in [3.63, 3.8) is 0 Å². The normalized spacial score (nSPS) is 15.2. The fourth-order valence-corrected chi connectivity index (χ4v) is 2.91. The van der Waals surface area contributed by atoms with E-state index in [-0.39, 0.29) is 25.0 Å². The number of carbonyl (C=O) groups is 2. The van der Waals surface area contributed by atoms with Crippen LogP contribution < -0.4 is 10.1 Å². The Labute approximate surface area is 167 Å². The zero-order valence-corrected chi connectivity index (χ0v) is 16.3. The summed E-state index contributed by atoms with van der Waals surface area (Å²) in [6.07, 6.45) is -3.79. The van der Waals surface area contributed by atoms with Crippen LogP contribution in [0, 0.1) is 0 Å². The summed E-state index contributed by atoms with van der Waals surface area (Å²) in [5, 5.41) is 2.61. The van der Waals surface area contributed by atoms with Crippen molar-refractivity contribution in [3.8, 4) is 5.75 Å². The minimum Gasteiger partial charge on any atom is -0.497 e. The van der Waals surface area contributed by atoms with E-state index in [0.29, 0.717) is 50.5 Å². The number of nitrogens with one attached hydrogen (secondary N) is 1. The van der Waals surface area contributed by atoms with Gasteiger partial charge in [0.25, 0.3) is 5.91 Å². The third-order valence-corrected chi connectivity index (χ3v) is 4.51. The van der Waals surface area contributed by atoms with Crippen molar-refractivity contribution in [3.05, 3.63) is 29.8 Å². The van der Waals surface area contributed by atoms with Crippen LogP contribution in [0.5, 0.6) is 5.75 Å². The van der Waals surface area contributed by atoms with Gasteiger partial charge in [-0.05, 0) is 30.7 Å².